The fourth-order valence-corrected chi connectivity index (χ4v) is 3.66. The smallest absolute Gasteiger partial charge is 0.307 e. The average Bonchev–Trinajstić information content (AvgIpc) is 2.65. The number of hydrogen-bond acceptors (Lipinski definition) is 3. The summed E-state index contributed by atoms with van der Waals surface area (Å²) in [6, 6.07) is 18.4. The van der Waals surface area contributed by atoms with Gasteiger partial charge in [-0.2, -0.15) is 0 Å². The summed E-state index contributed by atoms with van der Waals surface area (Å²) in [6.07, 6.45) is 1.65. The molecule has 1 heterocycles. The maximum atomic E-state index is 11.5. The van der Waals surface area contributed by atoms with E-state index in [0.29, 0.717) is 13.2 Å². The summed E-state index contributed by atoms with van der Waals surface area (Å²) in [5.74, 6) is -0.134. The summed E-state index contributed by atoms with van der Waals surface area (Å²) >= 11 is 0. The molecular formula is C21H25NO3. The van der Waals surface area contributed by atoms with E-state index in [0.717, 1.165) is 30.7 Å². The van der Waals surface area contributed by atoms with Crippen LogP contribution in [-0.2, 0) is 4.79 Å². The first-order chi connectivity index (χ1) is 12.2. The van der Waals surface area contributed by atoms with Crippen LogP contribution in [0.2, 0.25) is 0 Å². The molecule has 1 saturated heterocycles. The molecule has 0 aliphatic carbocycles. The highest BCUT2D eigenvalue weighted by atomic mass is 16.5. The monoisotopic (exact) mass is 339 g/mol. The SMILES string of the molecule is CCOc1ccccc1C(c1ccccc1)N1CCCC(C(=O)O)C1. The lowest BCUT2D eigenvalue weighted by Crippen LogP contribution is -2.41. The lowest BCUT2D eigenvalue weighted by atomic mass is 9.91. The molecule has 132 valence electrons. The van der Waals surface area contributed by atoms with E-state index in [9.17, 15) is 9.90 Å². The van der Waals surface area contributed by atoms with Gasteiger partial charge < -0.3 is 9.84 Å². The van der Waals surface area contributed by atoms with Gasteiger partial charge in [0.15, 0.2) is 0 Å². The molecule has 2 aromatic carbocycles. The Morgan fingerprint density at radius 1 is 1.20 bits per heavy atom. The first-order valence-corrected chi connectivity index (χ1v) is 8.94. The molecule has 3 rings (SSSR count). The average molecular weight is 339 g/mol. The standard InChI is InChI=1S/C21H25NO3/c1-2-25-19-13-7-6-12-18(19)20(16-9-4-3-5-10-16)22-14-8-11-17(15-22)21(23)24/h3-7,9-10,12-13,17,20H,2,8,11,14-15H2,1H3,(H,23,24). The van der Waals surface area contributed by atoms with E-state index in [-0.39, 0.29) is 12.0 Å². The van der Waals surface area contributed by atoms with Gasteiger partial charge in [-0.1, -0.05) is 48.5 Å². The fourth-order valence-electron chi connectivity index (χ4n) is 3.66. The molecular weight excluding hydrogens is 314 g/mol. The zero-order chi connectivity index (χ0) is 17.6. The molecule has 0 bridgehead atoms. The number of carboxylic acid groups (broad SMARTS) is 1. The molecule has 1 fully saturated rings. The van der Waals surface area contributed by atoms with Crippen molar-refractivity contribution >= 4 is 5.97 Å². The zero-order valence-corrected chi connectivity index (χ0v) is 14.6. The van der Waals surface area contributed by atoms with Crippen LogP contribution in [0.3, 0.4) is 0 Å². The third kappa shape index (κ3) is 4.02. The molecule has 2 unspecified atom stereocenters. The number of benzene rings is 2. The maximum absolute atomic E-state index is 11.5. The van der Waals surface area contributed by atoms with Crippen molar-refractivity contribution in [1.82, 2.24) is 4.90 Å². The molecule has 0 radical (unpaired) electrons. The second kappa shape index (κ2) is 8.17. The molecule has 2 aromatic rings. The summed E-state index contributed by atoms with van der Waals surface area (Å²) in [6.45, 7) is 4.05. The van der Waals surface area contributed by atoms with Crippen molar-refractivity contribution < 1.29 is 14.6 Å². The van der Waals surface area contributed by atoms with Crippen LogP contribution in [0.5, 0.6) is 5.75 Å². The van der Waals surface area contributed by atoms with E-state index in [1.54, 1.807) is 0 Å². The van der Waals surface area contributed by atoms with Gasteiger partial charge in [-0.3, -0.25) is 9.69 Å². The Labute approximate surface area is 149 Å². The Balaban J connectivity index is 2.01. The fraction of sp³-hybridized carbons (Fsp3) is 0.381. The van der Waals surface area contributed by atoms with Crippen molar-refractivity contribution in [3.05, 3.63) is 65.7 Å². The molecule has 0 aromatic heterocycles. The molecule has 0 spiro atoms. The number of carbonyl (C=O) groups is 1. The number of piperidine rings is 1. The summed E-state index contributed by atoms with van der Waals surface area (Å²) in [4.78, 5) is 13.8. The quantitative estimate of drug-likeness (QED) is 0.865. The van der Waals surface area contributed by atoms with Crippen LogP contribution in [0, 0.1) is 5.92 Å². The maximum Gasteiger partial charge on any atom is 0.307 e. The number of aliphatic carboxylic acids is 1. The molecule has 0 amide bonds. The van der Waals surface area contributed by atoms with Crippen LogP contribution >= 0.6 is 0 Å². The molecule has 2 atom stereocenters. The Bertz CT molecular complexity index is 701. The van der Waals surface area contributed by atoms with Gasteiger partial charge in [-0.05, 0) is 37.9 Å². The molecule has 4 nitrogen and oxygen atoms in total. The summed E-state index contributed by atoms with van der Waals surface area (Å²) < 4.78 is 5.86. The summed E-state index contributed by atoms with van der Waals surface area (Å²) in [5, 5.41) is 9.47. The van der Waals surface area contributed by atoms with Crippen molar-refractivity contribution in [2.75, 3.05) is 19.7 Å². The summed E-state index contributed by atoms with van der Waals surface area (Å²) in [5.41, 5.74) is 2.27. The minimum atomic E-state index is -0.699. The predicted octanol–water partition coefficient (Wildman–Crippen LogP) is 3.97. The van der Waals surface area contributed by atoms with Gasteiger partial charge in [-0.15, -0.1) is 0 Å². The van der Waals surface area contributed by atoms with Crippen LogP contribution in [0.25, 0.3) is 0 Å². The Morgan fingerprint density at radius 3 is 2.64 bits per heavy atom. The number of rotatable bonds is 6. The lowest BCUT2D eigenvalue weighted by Gasteiger charge is -2.38. The highest BCUT2D eigenvalue weighted by Gasteiger charge is 2.32. The van der Waals surface area contributed by atoms with Gasteiger partial charge in [0.2, 0.25) is 0 Å². The van der Waals surface area contributed by atoms with Crippen molar-refractivity contribution in [3.8, 4) is 5.75 Å². The molecule has 4 heteroatoms. The third-order valence-electron chi connectivity index (χ3n) is 4.80. The molecule has 0 saturated carbocycles. The topological polar surface area (TPSA) is 49.8 Å². The van der Waals surface area contributed by atoms with Crippen molar-refractivity contribution in [1.29, 1.82) is 0 Å². The first-order valence-electron chi connectivity index (χ1n) is 8.94. The molecule has 1 aliphatic rings. The molecule has 1 N–H and O–H groups in total. The molecule has 1 aliphatic heterocycles. The third-order valence-corrected chi connectivity index (χ3v) is 4.80. The van der Waals surface area contributed by atoms with E-state index < -0.39 is 5.97 Å². The van der Waals surface area contributed by atoms with E-state index in [2.05, 4.69) is 23.1 Å². The largest absolute Gasteiger partial charge is 0.494 e. The molecule has 25 heavy (non-hydrogen) atoms. The van der Waals surface area contributed by atoms with Gasteiger partial charge in [0, 0.05) is 12.1 Å². The number of ether oxygens (including phenoxy) is 1. The highest BCUT2D eigenvalue weighted by molar-refractivity contribution is 5.70. The minimum absolute atomic E-state index is 0.00565. The van der Waals surface area contributed by atoms with Crippen LogP contribution in [0.15, 0.2) is 54.6 Å². The Kier molecular flexibility index (Phi) is 5.71. The van der Waals surface area contributed by atoms with Gasteiger partial charge in [0.05, 0.1) is 18.6 Å². The predicted molar refractivity (Wildman–Crippen MR) is 97.8 cm³/mol. The Morgan fingerprint density at radius 2 is 1.92 bits per heavy atom. The second-order valence-corrected chi connectivity index (χ2v) is 6.46. The van der Waals surface area contributed by atoms with Gasteiger partial charge in [0.25, 0.3) is 0 Å². The van der Waals surface area contributed by atoms with E-state index in [1.165, 1.54) is 5.56 Å². The normalized spacial score (nSPS) is 19.3. The minimum Gasteiger partial charge on any atom is -0.494 e. The van der Waals surface area contributed by atoms with Crippen molar-refractivity contribution in [2.24, 2.45) is 5.92 Å². The van der Waals surface area contributed by atoms with E-state index >= 15 is 0 Å². The van der Waals surface area contributed by atoms with Crippen LogP contribution < -0.4 is 4.74 Å². The first kappa shape index (κ1) is 17.5. The van der Waals surface area contributed by atoms with Crippen LogP contribution in [-0.4, -0.2) is 35.7 Å². The van der Waals surface area contributed by atoms with Crippen molar-refractivity contribution in [3.63, 3.8) is 0 Å². The number of likely N-dealkylation sites (tertiary alicyclic amines) is 1. The van der Waals surface area contributed by atoms with Gasteiger partial charge in [0.1, 0.15) is 5.75 Å². The van der Waals surface area contributed by atoms with Crippen molar-refractivity contribution in [2.45, 2.75) is 25.8 Å². The van der Waals surface area contributed by atoms with Crippen LogP contribution in [0.1, 0.15) is 36.9 Å². The van der Waals surface area contributed by atoms with E-state index in [4.69, 9.17) is 4.74 Å². The zero-order valence-electron chi connectivity index (χ0n) is 14.6. The number of hydrogen-bond donors (Lipinski definition) is 1. The Hall–Kier alpha value is -2.33. The summed E-state index contributed by atoms with van der Waals surface area (Å²) in [7, 11) is 0. The van der Waals surface area contributed by atoms with Gasteiger partial charge >= 0.3 is 5.97 Å². The second-order valence-electron chi connectivity index (χ2n) is 6.46. The van der Waals surface area contributed by atoms with Gasteiger partial charge in [-0.25, -0.2) is 0 Å². The van der Waals surface area contributed by atoms with E-state index in [1.807, 2.05) is 43.3 Å². The highest BCUT2D eigenvalue weighted by Crippen LogP contribution is 2.37. The van der Waals surface area contributed by atoms with Crippen LogP contribution in [0.4, 0.5) is 0 Å². The number of para-hydroxylation sites is 1. The lowest BCUT2D eigenvalue weighted by molar-refractivity contribution is -0.143. The number of carboxylic acids is 1. The number of nitrogens with zero attached hydrogens (tertiary/aromatic N) is 1.